The van der Waals surface area contributed by atoms with Gasteiger partial charge in [0, 0.05) is 12.6 Å². The molecule has 3 amide bonds. The van der Waals surface area contributed by atoms with Gasteiger partial charge in [0.15, 0.2) is 0 Å². The fourth-order valence-corrected chi connectivity index (χ4v) is 2.44. The van der Waals surface area contributed by atoms with Gasteiger partial charge in [-0.1, -0.05) is 24.3 Å². The number of anilines is 1. The molecule has 0 aliphatic carbocycles. The van der Waals surface area contributed by atoms with Gasteiger partial charge in [0.1, 0.15) is 5.82 Å². The molecule has 2 rings (SSSR count). The third-order valence-corrected chi connectivity index (χ3v) is 3.77. The molecule has 0 fully saturated rings. The number of benzene rings is 2. The summed E-state index contributed by atoms with van der Waals surface area (Å²) < 4.78 is 13.0. The van der Waals surface area contributed by atoms with Crippen LogP contribution in [-0.2, 0) is 4.79 Å². The minimum absolute atomic E-state index is 0.149. The number of amides is 3. The normalized spacial score (nSPS) is 12.8. The first kappa shape index (κ1) is 18.4. The molecule has 2 aromatic rings. The van der Waals surface area contributed by atoms with Crippen LogP contribution in [0.15, 0.2) is 48.5 Å². The van der Waals surface area contributed by atoms with Crippen LogP contribution in [0.5, 0.6) is 0 Å². The first-order valence-electron chi connectivity index (χ1n) is 8.05. The van der Waals surface area contributed by atoms with Crippen LogP contribution in [0.1, 0.15) is 44.0 Å². The van der Waals surface area contributed by atoms with Crippen molar-refractivity contribution in [3.8, 4) is 0 Å². The summed E-state index contributed by atoms with van der Waals surface area (Å²) in [5.74, 6) is -0.461. The Morgan fingerprint density at radius 2 is 1.52 bits per heavy atom. The van der Waals surface area contributed by atoms with Gasteiger partial charge in [-0.15, -0.1) is 0 Å². The van der Waals surface area contributed by atoms with E-state index >= 15 is 0 Å². The second-order valence-electron chi connectivity index (χ2n) is 5.92. The van der Waals surface area contributed by atoms with Gasteiger partial charge in [0.2, 0.25) is 5.91 Å². The second-order valence-corrected chi connectivity index (χ2v) is 5.92. The van der Waals surface area contributed by atoms with E-state index in [9.17, 15) is 14.0 Å². The zero-order valence-electron chi connectivity index (χ0n) is 14.5. The number of halogens is 1. The van der Waals surface area contributed by atoms with E-state index in [0.717, 1.165) is 11.1 Å². The van der Waals surface area contributed by atoms with Gasteiger partial charge in [0.25, 0.3) is 0 Å². The van der Waals surface area contributed by atoms with Crippen LogP contribution in [-0.4, -0.2) is 11.9 Å². The summed E-state index contributed by atoms with van der Waals surface area (Å²) in [6, 6.07) is 12.5. The van der Waals surface area contributed by atoms with Crippen molar-refractivity contribution >= 4 is 17.6 Å². The molecule has 2 atom stereocenters. The van der Waals surface area contributed by atoms with Crippen LogP contribution in [0.25, 0.3) is 0 Å². The third kappa shape index (κ3) is 5.60. The number of hydrogen-bond donors (Lipinski definition) is 3. The molecule has 2 aromatic carbocycles. The van der Waals surface area contributed by atoms with E-state index in [0.29, 0.717) is 5.69 Å². The van der Waals surface area contributed by atoms with Crippen molar-refractivity contribution in [2.75, 3.05) is 5.32 Å². The summed E-state index contributed by atoms with van der Waals surface area (Å²) in [5, 5.41) is 8.39. The summed E-state index contributed by atoms with van der Waals surface area (Å²) in [7, 11) is 0. The van der Waals surface area contributed by atoms with E-state index in [1.807, 2.05) is 32.0 Å². The molecule has 0 saturated carbocycles. The zero-order valence-corrected chi connectivity index (χ0v) is 14.5. The minimum Gasteiger partial charge on any atom is -0.332 e. The SMILES string of the molecule is CC(=O)Nc1cccc([C@@H](C)NC(=O)N[C@@H](C)c2ccc(F)cc2)c1. The largest absolute Gasteiger partial charge is 0.332 e. The smallest absolute Gasteiger partial charge is 0.315 e. The van der Waals surface area contributed by atoms with Gasteiger partial charge in [0.05, 0.1) is 12.1 Å². The second kappa shape index (κ2) is 8.28. The Hall–Kier alpha value is -2.89. The van der Waals surface area contributed by atoms with E-state index in [1.165, 1.54) is 19.1 Å². The molecule has 3 N–H and O–H groups in total. The highest BCUT2D eigenvalue weighted by Crippen LogP contribution is 2.18. The average molecular weight is 343 g/mol. The highest BCUT2D eigenvalue weighted by atomic mass is 19.1. The molecule has 0 aliphatic rings. The number of nitrogens with one attached hydrogen (secondary N) is 3. The summed E-state index contributed by atoms with van der Waals surface area (Å²) in [6.07, 6.45) is 0. The molecule has 6 heteroatoms. The molecule has 0 heterocycles. The van der Waals surface area contributed by atoms with Crippen LogP contribution in [0, 0.1) is 5.82 Å². The molecule has 25 heavy (non-hydrogen) atoms. The Morgan fingerprint density at radius 3 is 2.12 bits per heavy atom. The number of carbonyl (C=O) groups excluding carboxylic acids is 2. The molecule has 5 nitrogen and oxygen atoms in total. The summed E-state index contributed by atoms with van der Waals surface area (Å²) in [4.78, 5) is 23.3. The van der Waals surface area contributed by atoms with E-state index in [1.54, 1.807) is 18.2 Å². The molecule has 0 radical (unpaired) electrons. The Balaban J connectivity index is 1.95. The van der Waals surface area contributed by atoms with Crippen molar-refractivity contribution in [2.45, 2.75) is 32.9 Å². The first-order valence-corrected chi connectivity index (χ1v) is 8.05. The van der Waals surface area contributed by atoms with Crippen LogP contribution in [0.3, 0.4) is 0 Å². The lowest BCUT2D eigenvalue weighted by Crippen LogP contribution is -2.38. The van der Waals surface area contributed by atoms with E-state index in [-0.39, 0.29) is 29.8 Å². The van der Waals surface area contributed by atoms with E-state index in [2.05, 4.69) is 16.0 Å². The van der Waals surface area contributed by atoms with Gasteiger partial charge >= 0.3 is 6.03 Å². The zero-order chi connectivity index (χ0) is 18.4. The molecular formula is C19H22FN3O2. The van der Waals surface area contributed by atoms with E-state index in [4.69, 9.17) is 0 Å². The van der Waals surface area contributed by atoms with Crippen molar-refractivity contribution in [3.05, 3.63) is 65.5 Å². The monoisotopic (exact) mass is 343 g/mol. The Morgan fingerprint density at radius 1 is 0.920 bits per heavy atom. The fraction of sp³-hybridized carbons (Fsp3) is 0.263. The average Bonchev–Trinajstić information content (AvgIpc) is 2.54. The number of carbonyl (C=O) groups is 2. The maximum atomic E-state index is 13.0. The Labute approximate surface area is 146 Å². The molecule has 0 aliphatic heterocycles. The number of hydrogen-bond acceptors (Lipinski definition) is 2. The lowest BCUT2D eigenvalue weighted by atomic mass is 10.1. The highest BCUT2D eigenvalue weighted by molar-refractivity contribution is 5.88. The predicted octanol–water partition coefficient (Wildman–Crippen LogP) is 3.91. The lowest BCUT2D eigenvalue weighted by Gasteiger charge is -2.19. The maximum Gasteiger partial charge on any atom is 0.315 e. The molecular weight excluding hydrogens is 321 g/mol. The van der Waals surface area contributed by atoms with Crippen molar-refractivity contribution in [1.82, 2.24) is 10.6 Å². The topological polar surface area (TPSA) is 70.2 Å². The van der Waals surface area contributed by atoms with Crippen molar-refractivity contribution in [3.63, 3.8) is 0 Å². The molecule has 0 saturated heterocycles. The highest BCUT2D eigenvalue weighted by Gasteiger charge is 2.13. The molecule has 0 spiro atoms. The van der Waals surface area contributed by atoms with Crippen LogP contribution in [0.4, 0.5) is 14.9 Å². The third-order valence-electron chi connectivity index (χ3n) is 3.77. The molecule has 132 valence electrons. The van der Waals surface area contributed by atoms with Gasteiger partial charge in [-0.25, -0.2) is 9.18 Å². The standard InChI is InChI=1S/C19H22FN3O2/c1-12(15-7-9-17(20)10-8-15)21-19(25)22-13(2)16-5-4-6-18(11-16)23-14(3)24/h4-13H,1-3H3,(H,23,24)(H2,21,22,25)/t12-,13+/m0/s1. The minimum atomic E-state index is -0.325. The van der Waals surface area contributed by atoms with Crippen LogP contribution in [0.2, 0.25) is 0 Å². The molecule has 0 aromatic heterocycles. The van der Waals surface area contributed by atoms with Gasteiger partial charge in [-0.3, -0.25) is 4.79 Å². The summed E-state index contributed by atoms with van der Waals surface area (Å²) in [5.41, 5.74) is 2.37. The number of rotatable bonds is 5. The van der Waals surface area contributed by atoms with Gasteiger partial charge in [-0.2, -0.15) is 0 Å². The van der Waals surface area contributed by atoms with Crippen molar-refractivity contribution < 1.29 is 14.0 Å². The molecule has 0 unspecified atom stereocenters. The van der Waals surface area contributed by atoms with Crippen molar-refractivity contribution in [2.24, 2.45) is 0 Å². The van der Waals surface area contributed by atoms with Gasteiger partial charge in [-0.05, 0) is 49.2 Å². The Bertz CT molecular complexity index is 747. The van der Waals surface area contributed by atoms with Crippen molar-refractivity contribution in [1.29, 1.82) is 0 Å². The summed E-state index contributed by atoms with van der Waals surface area (Å²) in [6.45, 7) is 5.13. The molecule has 0 bridgehead atoms. The quantitative estimate of drug-likeness (QED) is 0.770. The van der Waals surface area contributed by atoms with E-state index < -0.39 is 0 Å². The van der Waals surface area contributed by atoms with Gasteiger partial charge < -0.3 is 16.0 Å². The first-order chi connectivity index (χ1) is 11.8. The van der Waals surface area contributed by atoms with Crippen LogP contribution >= 0.6 is 0 Å². The lowest BCUT2D eigenvalue weighted by molar-refractivity contribution is -0.114. The van der Waals surface area contributed by atoms with Crippen LogP contribution < -0.4 is 16.0 Å². The Kier molecular flexibility index (Phi) is 6.11. The predicted molar refractivity (Wildman–Crippen MR) is 95.6 cm³/mol. The fourth-order valence-electron chi connectivity index (χ4n) is 2.44. The summed E-state index contributed by atoms with van der Waals surface area (Å²) >= 11 is 0. The maximum absolute atomic E-state index is 13.0. The number of urea groups is 1.